The van der Waals surface area contributed by atoms with Crippen LogP contribution in [0, 0.1) is 5.92 Å². The van der Waals surface area contributed by atoms with Crippen LogP contribution in [0.3, 0.4) is 0 Å². The molecule has 0 N–H and O–H groups in total. The van der Waals surface area contributed by atoms with Gasteiger partial charge in [-0.05, 0) is 12.3 Å². The van der Waals surface area contributed by atoms with Crippen LogP contribution in [0.5, 0.6) is 0 Å². The predicted molar refractivity (Wildman–Crippen MR) is 99.3 cm³/mol. The van der Waals surface area contributed by atoms with Crippen molar-refractivity contribution < 1.29 is 4.79 Å². The van der Waals surface area contributed by atoms with E-state index in [-0.39, 0.29) is 5.91 Å². The smallest absolute Gasteiger partial charge is 0.220 e. The predicted octanol–water partition coefficient (Wildman–Crippen LogP) is 5.85. The van der Waals surface area contributed by atoms with Gasteiger partial charge in [0.2, 0.25) is 5.91 Å². The molecular formula is C19H37NOS. The molecule has 1 fully saturated rings. The maximum atomic E-state index is 11.6. The summed E-state index contributed by atoms with van der Waals surface area (Å²) in [5.74, 6) is 3.13. The van der Waals surface area contributed by atoms with Crippen molar-refractivity contribution in [3.63, 3.8) is 0 Å². The highest BCUT2D eigenvalue weighted by molar-refractivity contribution is 7.99. The molecule has 2 nitrogen and oxygen atoms in total. The summed E-state index contributed by atoms with van der Waals surface area (Å²) in [6.45, 7) is 6.31. The number of carbonyl (C=O) groups excluding carboxylic acids is 1. The molecule has 0 bridgehead atoms. The van der Waals surface area contributed by atoms with Crippen LogP contribution in [-0.4, -0.2) is 28.5 Å². The standard InChI is InChI=1S/C19H37NOS/c1-4-6-7-8-9-10-11-12-13-18(5-2)14-19-15-22-16-20(19)17(3)21/h18-19H,4-16H2,1-3H3. The largest absolute Gasteiger partial charge is 0.330 e. The fourth-order valence-electron chi connectivity index (χ4n) is 3.47. The molecule has 0 spiro atoms. The fraction of sp³-hybridized carbons (Fsp3) is 0.947. The molecule has 0 radical (unpaired) electrons. The van der Waals surface area contributed by atoms with Gasteiger partial charge in [-0.3, -0.25) is 4.79 Å². The third-order valence-electron chi connectivity index (χ3n) is 5.03. The molecule has 0 aromatic heterocycles. The van der Waals surface area contributed by atoms with Gasteiger partial charge in [0.15, 0.2) is 0 Å². The van der Waals surface area contributed by atoms with Gasteiger partial charge in [-0.25, -0.2) is 0 Å². The molecule has 1 aliphatic heterocycles. The average molecular weight is 328 g/mol. The first-order valence-electron chi connectivity index (χ1n) is 9.53. The third-order valence-corrected chi connectivity index (χ3v) is 6.12. The number of thioether (sulfide) groups is 1. The van der Waals surface area contributed by atoms with Gasteiger partial charge in [-0.2, -0.15) is 0 Å². The number of carbonyl (C=O) groups is 1. The second-order valence-electron chi connectivity index (χ2n) is 6.92. The van der Waals surface area contributed by atoms with E-state index in [9.17, 15) is 4.79 Å². The zero-order chi connectivity index (χ0) is 16.2. The van der Waals surface area contributed by atoms with Gasteiger partial charge < -0.3 is 4.90 Å². The van der Waals surface area contributed by atoms with E-state index in [0.717, 1.165) is 17.5 Å². The number of nitrogens with zero attached hydrogens (tertiary/aromatic N) is 1. The van der Waals surface area contributed by atoms with Gasteiger partial charge >= 0.3 is 0 Å². The monoisotopic (exact) mass is 327 g/mol. The lowest BCUT2D eigenvalue weighted by Crippen LogP contribution is -2.36. The fourth-order valence-corrected chi connectivity index (χ4v) is 4.75. The maximum Gasteiger partial charge on any atom is 0.220 e. The molecule has 2 unspecified atom stereocenters. The molecule has 1 amide bonds. The molecule has 0 aromatic rings. The molecule has 22 heavy (non-hydrogen) atoms. The molecule has 3 heteroatoms. The summed E-state index contributed by atoms with van der Waals surface area (Å²) in [5.41, 5.74) is 0. The van der Waals surface area contributed by atoms with Gasteiger partial charge in [0.1, 0.15) is 0 Å². The molecule has 1 aliphatic rings. The Hall–Kier alpha value is -0.180. The Bertz CT molecular complexity index is 295. The molecule has 1 heterocycles. The third kappa shape index (κ3) is 7.89. The topological polar surface area (TPSA) is 20.3 Å². The van der Waals surface area contributed by atoms with Crippen molar-refractivity contribution in [3.05, 3.63) is 0 Å². The van der Waals surface area contributed by atoms with Gasteiger partial charge in [-0.1, -0.05) is 78.1 Å². The molecule has 2 atom stereocenters. The molecule has 1 rings (SSSR count). The number of unbranched alkanes of at least 4 members (excludes halogenated alkanes) is 7. The lowest BCUT2D eigenvalue weighted by molar-refractivity contribution is -0.129. The number of rotatable bonds is 12. The van der Waals surface area contributed by atoms with Crippen molar-refractivity contribution in [2.24, 2.45) is 5.92 Å². The van der Waals surface area contributed by atoms with Crippen LogP contribution >= 0.6 is 11.8 Å². The Labute approximate surface area is 142 Å². The maximum absolute atomic E-state index is 11.6. The van der Waals surface area contributed by atoms with E-state index in [1.54, 1.807) is 6.92 Å². The zero-order valence-electron chi connectivity index (χ0n) is 15.1. The van der Waals surface area contributed by atoms with Crippen molar-refractivity contribution in [2.75, 3.05) is 11.6 Å². The molecule has 0 saturated carbocycles. The molecule has 130 valence electrons. The summed E-state index contributed by atoms with van der Waals surface area (Å²) >= 11 is 1.92. The van der Waals surface area contributed by atoms with E-state index in [1.807, 2.05) is 11.8 Å². The summed E-state index contributed by atoms with van der Waals surface area (Å²) in [4.78, 5) is 13.7. The minimum atomic E-state index is 0.261. The first kappa shape index (κ1) is 19.9. The van der Waals surface area contributed by atoms with Crippen molar-refractivity contribution >= 4 is 17.7 Å². The van der Waals surface area contributed by atoms with Crippen molar-refractivity contribution in [1.82, 2.24) is 4.90 Å². The van der Waals surface area contributed by atoms with E-state index in [1.165, 1.54) is 70.6 Å². The van der Waals surface area contributed by atoms with Gasteiger partial charge in [0.25, 0.3) is 0 Å². The summed E-state index contributed by atoms with van der Waals surface area (Å²) in [7, 11) is 0. The Kier molecular flexibility index (Phi) is 11.1. The van der Waals surface area contributed by atoms with Crippen molar-refractivity contribution in [2.45, 2.75) is 97.4 Å². The van der Waals surface area contributed by atoms with E-state index < -0.39 is 0 Å². The first-order valence-corrected chi connectivity index (χ1v) is 10.7. The quantitative estimate of drug-likeness (QED) is 0.419. The number of hydrogen-bond acceptors (Lipinski definition) is 2. The van der Waals surface area contributed by atoms with Gasteiger partial charge in [-0.15, -0.1) is 11.8 Å². The van der Waals surface area contributed by atoms with E-state index >= 15 is 0 Å². The van der Waals surface area contributed by atoms with Crippen molar-refractivity contribution in [1.29, 1.82) is 0 Å². The van der Waals surface area contributed by atoms with Crippen LogP contribution in [0.25, 0.3) is 0 Å². The molecule has 0 aromatic carbocycles. The second-order valence-corrected chi connectivity index (χ2v) is 7.92. The molecule has 0 aliphatic carbocycles. The average Bonchev–Trinajstić information content (AvgIpc) is 2.97. The molecule has 1 saturated heterocycles. The van der Waals surface area contributed by atoms with Crippen LogP contribution in [0.15, 0.2) is 0 Å². The highest BCUT2D eigenvalue weighted by atomic mass is 32.2. The normalized spacial score (nSPS) is 19.6. The Morgan fingerprint density at radius 2 is 1.73 bits per heavy atom. The Balaban J connectivity index is 2.10. The van der Waals surface area contributed by atoms with Crippen LogP contribution in [-0.2, 0) is 4.79 Å². The number of amides is 1. The highest BCUT2D eigenvalue weighted by Crippen LogP contribution is 2.29. The zero-order valence-corrected chi connectivity index (χ0v) is 15.9. The number of hydrogen-bond donors (Lipinski definition) is 0. The van der Waals surface area contributed by atoms with E-state index in [2.05, 4.69) is 18.7 Å². The summed E-state index contributed by atoms with van der Waals surface area (Å²) in [6, 6.07) is 0.501. The van der Waals surface area contributed by atoms with Crippen LogP contribution in [0.1, 0.15) is 91.4 Å². The Morgan fingerprint density at radius 1 is 1.09 bits per heavy atom. The summed E-state index contributed by atoms with van der Waals surface area (Å²) in [6.07, 6.45) is 15.1. The van der Waals surface area contributed by atoms with Crippen LogP contribution < -0.4 is 0 Å². The summed E-state index contributed by atoms with van der Waals surface area (Å²) in [5, 5.41) is 0. The van der Waals surface area contributed by atoms with E-state index in [0.29, 0.717) is 6.04 Å². The molecular weight excluding hydrogens is 290 g/mol. The highest BCUT2D eigenvalue weighted by Gasteiger charge is 2.28. The van der Waals surface area contributed by atoms with Gasteiger partial charge in [0.05, 0.1) is 5.88 Å². The first-order chi connectivity index (χ1) is 10.7. The Morgan fingerprint density at radius 3 is 2.32 bits per heavy atom. The minimum absolute atomic E-state index is 0.261. The van der Waals surface area contributed by atoms with Crippen molar-refractivity contribution in [3.8, 4) is 0 Å². The van der Waals surface area contributed by atoms with Crippen LogP contribution in [0.4, 0.5) is 0 Å². The SMILES string of the molecule is CCCCCCCCCCC(CC)CC1CSCN1C(C)=O. The van der Waals surface area contributed by atoms with Gasteiger partial charge in [0, 0.05) is 18.7 Å². The minimum Gasteiger partial charge on any atom is -0.330 e. The lowest BCUT2D eigenvalue weighted by atomic mass is 9.91. The second kappa shape index (κ2) is 12.3. The van der Waals surface area contributed by atoms with Crippen LogP contribution in [0.2, 0.25) is 0 Å². The summed E-state index contributed by atoms with van der Waals surface area (Å²) < 4.78 is 0. The van der Waals surface area contributed by atoms with E-state index in [4.69, 9.17) is 0 Å². The lowest BCUT2D eigenvalue weighted by Gasteiger charge is -2.26.